The van der Waals surface area contributed by atoms with E-state index in [2.05, 4.69) is 20.3 Å². The van der Waals surface area contributed by atoms with E-state index in [1.165, 1.54) is 25.5 Å². The number of aliphatic hydroxyl groups is 1. The van der Waals surface area contributed by atoms with Crippen molar-refractivity contribution in [3.05, 3.63) is 99.3 Å². The van der Waals surface area contributed by atoms with Gasteiger partial charge in [0, 0.05) is 46.1 Å². The van der Waals surface area contributed by atoms with Crippen LogP contribution in [-0.4, -0.2) is 78.5 Å². The Bertz CT molecular complexity index is 2480. The van der Waals surface area contributed by atoms with E-state index < -0.39 is 10.1 Å². The molecule has 0 saturated carbocycles. The number of aromatic hydroxyl groups is 1. The second-order valence-electron chi connectivity index (χ2n) is 11.5. The molecule has 0 aliphatic heterocycles. The third-order valence-corrected chi connectivity index (χ3v) is 8.56. The highest BCUT2D eigenvalue weighted by Crippen LogP contribution is 2.26. The number of hydrogen-bond donors (Lipinski definition) is 4. The van der Waals surface area contributed by atoms with Crippen molar-refractivity contribution in [2.24, 2.45) is 0 Å². The van der Waals surface area contributed by atoms with Crippen LogP contribution in [0.4, 0.5) is 17.7 Å². The zero-order valence-electron chi connectivity index (χ0n) is 29.8. The standard InChI is InChI=1S/C14H17ClN2O5S.C9H9ClN2O2.C7H4ClNO.C6H6ClNO.5CH4/c1-10(18)5-6-17(7-8-21-23(2,19)20)14-16-12-9-11(15)3-4-13(12)22-14;10-6-1-2-8-7(5-6)12-9(14-8)11-3-4-13;8-5-1-2-7-6(3-5)9-4-10-7;7-4-1-2-6(9)5(8)3-4;;;;;/h3-4,9H,5-8H2,1-2H3;1-2,5,13H,3-4H2,(H,11,12);1-4H;1-3,9H,8H2;5*1H4. The molecule has 0 unspecified atom stereocenters. The van der Waals surface area contributed by atoms with Gasteiger partial charge in [0.15, 0.2) is 23.1 Å². The van der Waals surface area contributed by atoms with Crippen LogP contribution in [0.15, 0.2) is 92.4 Å². The molecule has 0 fully saturated rings. The highest BCUT2D eigenvalue weighted by atomic mass is 35.5. The number of nitrogens with one attached hydrogen (secondary N) is 1. The molecule has 61 heavy (non-hydrogen) atoms. The van der Waals surface area contributed by atoms with Gasteiger partial charge in [-0.05, 0) is 79.7 Å². The number of carbonyl (C=O) groups is 1. The largest absolute Gasteiger partial charge is 0.506 e. The fourth-order valence-electron chi connectivity index (χ4n) is 4.41. The number of hydrogen-bond acceptors (Lipinski definition) is 15. The normalized spacial score (nSPS) is 10.0. The Morgan fingerprint density at radius 3 is 1.85 bits per heavy atom. The van der Waals surface area contributed by atoms with Gasteiger partial charge in [-0.1, -0.05) is 83.5 Å². The van der Waals surface area contributed by atoms with Crippen molar-refractivity contribution in [3.63, 3.8) is 0 Å². The first-order chi connectivity index (χ1) is 26.6. The zero-order chi connectivity index (χ0) is 40.8. The number of phenols is 1. The molecule has 20 heteroatoms. The molecule has 0 amide bonds. The van der Waals surface area contributed by atoms with E-state index in [9.17, 15) is 13.2 Å². The maximum Gasteiger partial charge on any atom is 0.298 e. The molecule has 7 rings (SSSR count). The number of aliphatic hydroxyl groups excluding tert-OH is 1. The lowest BCUT2D eigenvalue weighted by atomic mass is 10.3. The number of Topliss-reactive ketones (excluding diaryl/α,β-unsaturated/α-hetero) is 1. The Morgan fingerprint density at radius 1 is 0.787 bits per heavy atom. The number of nitrogens with zero attached hydrogens (tertiary/aromatic N) is 4. The highest BCUT2D eigenvalue weighted by Gasteiger charge is 2.16. The number of carbonyl (C=O) groups excluding carboxylic acids is 1. The summed E-state index contributed by atoms with van der Waals surface area (Å²) in [5, 5.41) is 22.7. The molecule has 0 aliphatic carbocycles. The number of fused-ring (bicyclic) bond motifs is 3. The van der Waals surface area contributed by atoms with Crippen LogP contribution in [0.5, 0.6) is 5.75 Å². The first-order valence-corrected chi connectivity index (χ1v) is 19.7. The smallest absolute Gasteiger partial charge is 0.298 e. The van der Waals surface area contributed by atoms with Crippen molar-refractivity contribution in [1.82, 2.24) is 15.0 Å². The monoisotopic (exact) mass is 948 g/mol. The molecule has 0 bridgehead atoms. The predicted molar refractivity (Wildman–Crippen MR) is 252 cm³/mol. The maximum atomic E-state index is 11.2. The number of phenolic OH excluding ortho intramolecular Hbond substituents is 1. The van der Waals surface area contributed by atoms with Crippen molar-refractivity contribution < 1.29 is 40.9 Å². The lowest BCUT2D eigenvalue weighted by Gasteiger charge is -2.19. The molecule has 5 N–H and O–H groups in total. The molecular weight excluding hydrogens is 894 g/mol. The number of halogens is 4. The summed E-state index contributed by atoms with van der Waals surface area (Å²) < 4.78 is 42.8. The fourth-order valence-corrected chi connectivity index (χ4v) is 5.47. The first-order valence-electron chi connectivity index (χ1n) is 16.4. The number of nitrogens with two attached hydrogens (primary N) is 1. The fraction of sp³-hybridized carbons (Fsp3) is 0.317. The topological polar surface area (TPSA) is 220 Å². The van der Waals surface area contributed by atoms with E-state index >= 15 is 0 Å². The SMILES string of the molecule is C.C.C.C.C.CC(=O)CCN(CCOS(C)(=O)=O)c1nc2cc(Cl)ccc2o1.Clc1ccc2ocnc2c1.Nc1cc(Cl)ccc1O.OCCNc1nc2cc(Cl)ccc2o1. The molecule has 3 heterocycles. The maximum absolute atomic E-state index is 11.2. The average molecular weight is 951 g/mol. The zero-order valence-corrected chi connectivity index (χ0v) is 33.6. The summed E-state index contributed by atoms with van der Waals surface area (Å²) in [4.78, 5) is 25.3. The van der Waals surface area contributed by atoms with Gasteiger partial charge in [0.2, 0.25) is 0 Å². The van der Waals surface area contributed by atoms with Crippen LogP contribution in [0.3, 0.4) is 0 Å². The van der Waals surface area contributed by atoms with Crippen molar-refractivity contribution in [2.75, 3.05) is 55.1 Å². The summed E-state index contributed by atoms with van der Waals surface area (Å²) in [6.45, 7) is 2.46. The molecular formula is C41H56Cl4N6O9S. The van der Waals surface area contributed by atoms with Gasteiger partial charge in [0.1, 0.15) is 28.1 Å². The number of aromatic nitrogens is 3. The van der Waals surface area contributed by atoms with Crippen LogP contribution in [0, 0.1) is 0 Å². The van der Waals surface area contributed by atoms with E-state index in [1.54, 1.807) is 65.6 Å². The third-order valence-electron chi connectivity index (χ3n) is 7.02. The minimum absolute atomic E-state index is 0. The number of nitrogen functional groups attached to an aromatic ring is 1. The third kappa shape index (κ3) is 19.6. The van der Waals surface area contributed by atoms with Gasteiger partial charge in [-0.2, -0.15) is 18.4 Å². The summed E-state index contributed by atoms with van der Waals surface area (Å²) >= 11 is 22.9. The quantitative estimate of drug-likeness (QED) is 0.0538. The van der Waals surface area contributed by atoms with Gasteiger partial charge in [-0.3, -0.25) is 8.98 Å². The number of oxazole rings is 3. The lowest BCUT2D eigenvalue weighted by molar-refractivity contribution is -0.116. The van der Waals surface area contributed by atoms with E-state index in [0.717, 1.165) is 17.4 Å². The Kier molecular flexibility index (Phi) is 26.7. The Morgan fingerprint density at radius 2 is 1.31 bits per heavy atom. The summed E-state index contributed by atoms with van der Waals surface area (Å²) in [5.74, 6) is 0.0811. The van der Waals surface area contributed by atoms with E-state index in [0.29, 0.717) is 79.5 Å². The van der Waals surface area contributed by atoms with Crippen LogP contribution in [0.2, 0.25) is 20.1 Å². The van der Waals surface area contributed by atoms with Crippen molar-refractivity contribution in [1.29, 1.82) is 0 Å². The second-order valence-corrected chi connectivity index (χ2v) is 14.9. The minimum atomic E-state index is -3.53. The summed E-state index contributed by atoms with van der Waals surface area (Å²) in [6, 6.07) is 20.8. The molecule has 338 valence electrons. The lowest BCUT2D eigenvalue weighted by Crippen LogP contribution is -2.30. The van der Waals surface area contributed by atoms with Gasteiger partial charge in [0.05, 0.1) is 25.2 Å². The molecule has 15 nitrogen and oxygen atoms in total. The Hall–Kier alpha value is -4.81. The summed E-state index contributed by atoms with van der Waals surface area (Å²) in [6.07, 6.45) is 2.67. The number of rotatable bonds is 11. The van der Waals surface area contributed by atoms with Crippen LogP contribution >= 0.6 is 46.4 Å². The van der Waals surface area contributed by atoms with Gasteiger partial charge in [-0.25, -0.2) is 4.98 Å². The Labute approximate surface area is 377 Å². The highest BCUT2D eigenvalue weighted by molar-refractivity contribution is 7.85. The molecule has 0 spiro atoms. The van der Waals surface area contributed by atoms with Crippen LogP contribution in [0.25, 0.3) is 33.3 Å². The van der Waals surface area contributed by atoms with Gasteiger partial charge in [0.25, 0.3) is 22.1 Å². The molecule has 0 atom stereocenters. The van der Waals surface area contributed by atoms with Gasteiger partial charge < -0.3 is 39.4 Å². The van der Waals surface area contributed by atoms with Crippen LogP contribution in [-0.2, 0) is 19.1 Å². The number of anilines is 3. The summed E-state index contributed by atoms with van der Waals surface area (Å²) in [5.41, 5.74) is 9.69. The van der Waals surface area contributed by atoms with Crippen molar-refractivity contribution in [2.45, 2.75) is 50.5 Å². The molecule has 3 aromatic heterocycles. The predicted octanol–water partition coefficient (Wildman–Crippen LogP) is 11.4. The molecule has 7 aromatic rings. The first kappa shape index (κ1) is 58.3. The van der Waals surface area contributed by atoms with E-state index in [-0.39, 0.29) is 68.4 Å². The number of benzene rings is 4. The molecule has 0 saturated heterocycles. The second kappa shape index (κ2) is 27.9. The number of ketones is 1. The van der Waals surface area contributed by atoms with Crippen LogP contribution in [0.1, 0.15) is 50.5 Å². The van der Waals surface area contributed by atoms with E-state index in [1.807, 2.05) is 0 Å². The van der Waals surface area contributed by atoms with E-state index in [4.69, 9.17) is 79.8 Å². The van der Waals surface area contributed by atoms with Crippen molar-refractivity contribution >= 4 is 113 Å². The molecule has 0 aliphatic rings. The molecule has 0 radical (unpaired) electrons. The van der Waals surface area contributed by atoms with Crippen molar-refractivity contribution in [3.8, 4) is 5.75 Å². The average Bonchev–Trinajstić information content (AvgIpc) is 3.88. The molecule has 4 aromatic carbocycles. The minimum Gasteiger partial charge on any atom is -0.506 e. The van der Waals surface area contributed by atoms with Crippen LogP contribution < -0.4 is 16.0 Å². The van der Waals surface area contributed by atoms with Gasteiger partial charge in [-0.15, -0.1) is 0 Å². The summed E-state index contributed by atoms with van der Waals surface area (Å²) in [7, 11) is -3.53. The Balaban J connectivity index is 0. The van der Waals surface area contributed by atoms with Gasteiger partial charge >= 0.3 is 0 Å².